The number of anilines is 1. The smallest absolute Gasteiger partial charge is 0.265 e. The molecule has 0 aliphatic carbocycles. The molecule has 0 atom stereocenters. The minimum atomic E-state index is -3.89. The van der Waals surface area contributed by atoms with Crippen molar-refractivity contribution in [2.45, 2.75) is 0 Å². The zero-order chi connectivity index (χ0) is 11.6. The maximum Gasteiger partial charge on any atom is 0.301 e. The Kier molecular flexibility index (Phi) is 3.25. The van der Waals surface area contributed by atoms with Crippen LogP contribution in [-0.2, 0) is 10.2 Å². The monoisotopic (exact) mass is 236 g/mol. The molecule has 1 N–H and O–H groups in total. The van der Waals surface area contributed by atoms with Crippen LogP contribution in [0.3, 0.4) is 0 Å². The van der Waals surface area contributed by atoms with Crippen LogP contribution in [0.15, 0.2) is 18.2 Å². The van der Waals surface area contributed by atoms with Crippen molar-refractivity contribution < 1.29 is 17.2 Å². The highest BCUT2D eigenvalue weighted by Gasteiger charge is 2.18. The Balaban J connectivity index is 3.11. The number of para-hydroxylation sites is 1. The van der Waals surface area contributed by atoms with Crippen LogP contribution in [0, 0.1) is 11.6 Å². The molecule has 0 radical (unpaired) electrons. The predicted molar refractivity (Wildman–Crippen MR) is 52.6 cm³/mol. The first-order chi connectivity index (χ1) is 6.84. The summed E-state index contributed by atoms with van der Waals surface area (Å²) in [5, 5.41) is 0. The molecule has 0 saturated carbocycles. The van der Waals surface area contributed by atoms with Crippen molar-refractivity contribution in [1.82, 2.24) is 4.31 Å². The van der Waals surface area contributed by atoms with Gasteiger partial charge in [-0.15, -0.1) is 0 Å². The van der Waals surface area contributed by atoms with E-state index in [9.17, 15) is 17.2 Å². The zero-order valence-electron chi connectivity index (χ0n) is 8.16. The summed E-state index contributed by atoms with van der Waals surface area (Å²) in [4.78, 5) is 0. The molecule has 84 valence electrons. The molecule has 0 bridgehead atoms. The highest BCUT2D eigenvalue weighted by atomic mass is 32.2. The van der Waals surface area contributed by atoms with E-state index in [-0.39, 0.29) is 0 Å². The molecule has 0 aliphatic rings. The van der Waals surface area contributed by atoms with Gasteiger partial charge in [-0.2, -0.15) is 12.7 Å². The minimum Gasteiger partial charge on any atom is -0.265 e. The van der Waals surface area contributed by atoms with Gasteiger partial charge in [-0.3, -0.25) is 4.72 Å². The molecule has 7 heteroatoms. The van der Waals surface area contributed by atoms with Crippen molar-refractivity contribution in [3.8, 4) is 0 Å². The standard InChI is InChI=1S/C8H10F2N2O2S/c1-12(2)15(13,14)11-8-6(9)4-3-5-7(8)10/h3-5,11H,1-2H3. The maximum atomic E-state index is 13.1. The molecule has 0 heterocycles. The third-order valence-electron chi connectivity index (χ3n) is 1.67. The fourth-order valence-corrected chi connectivity index (χ4v) is 1.45. The summed E-state index contributed by atoms with van der Waals surface area (Å²) in [6.45, 7) is 0. The van der Waals surface area contributed by atoms with Crippen molar-refractivity contribution in [3.05, 3.63) is 29.8 Å². The molecule has 4 nitrogen and oxygen atoms in total. The van der Waals surface area contributed by atoms with Gasteiger partial charge in [0.25, 0.3) is 0 Å². The second-order valence-electron chi connectivity index (χ2n) is 2.99. The number of nitrogens with one attached hydrogen (secondary N) is 1. The number of hydrogen-bond donors (Lipinski definition) is 1. The third kappa shape index (κ3) is 2.63. The first-order valence-electron chi connectivity index (χ1n) is 3.99. The molecule has 0 aliphatic heterocycles. The summed E-state index contributed by atoms with van der Waals surface area (Å²) in [5.41, 5.74) is -0.675. The molecule has 0 unspecified atom stereocenters. The van der Waals surface area contributed by atoms with E-state index in [2.05, 4.69) is 0 Å². The lowest BCUT2D eigenvalue weighted by molar-refractivity contribution is 0.524. The number of nitrogens with zero attached hydrogens (tertiary/aromatic N) is 1. The fourth-order valence-electron chi connectivity index (χ4n) is 0.816. The molecular weight excluding hydrogens is 226 g/mol. The second kappa shape index (κ2) is 4.11. The fraction of sp³-hybridized carbons (Fsp3) is 0.250. The van der Waals surface area contributed by atoms with Gasteiger partial charge in [0.05, 0.1) is 0 Å². The van der Waals surface area contributed by atoms with Crippen LogP contribution in [0.5, 0.6) is 0 Å². The zero-order valence-corrected chi connectivity index (χ0v) is 8.98. The summed E-state index contributed by atoms with van der Waals surface area (Å²) in [6.07, 6.45) is 0. The number of benzene rings is 1. The van der Waals surface area contributed by atoms with Crippen LogP contribution in [0.1, 0.15) is 0 Å². The molecule has 0 spiro atoms. The van der Waals surface area contributed by atoms with Crippen LogP contribution < -0.4 is 4.72 Å². The van der Waals surface area contributed by atoms with Gasteiger partial charge in [-0.25, -0.2) is 8.78 Å². The van der Waals surface area contributed by atoms with Gasteiger partial charge in [-0.05, 0) is 12.1 Å². The third-order valence-corrected chi connectivity index (χ3v) is 3.10. The Hall–Kier alpha value is -1.21. The topological polar surface area (TPSA) is 49.4 Å². The number of hydrogen-bond acceptors (Lipinski definition) is 2. The van der Waals surface area contributed by atoms with Crippen LogP contribution >= 0.6 is 0 Å². The molecule has 1 aromatic carbocycles. The molecular formula is C8H10F2N2O2S. The van der Waals surface area contributed by atoms with Gasteiger partial charge in [-0.1, -0.05) is 6.07 Å². The quantitative estimate of drug-likeness (QED) is 0.856. The van der Waals surface area contributed by atoms with Gasteiger partial charge in [0.2, 0.25) is 0 Å². The molecule has 0 amide bonds. The maximum absolute atomic E-state index is 13.1. The molecule has 0 saturated heterocycles. The summed E-state index contributed by atoms with van der Waals surface area (Å²) < 4.78 is 51.3. The molecule has 0 aromatic heterocycles. The van der Waals surface area contributed by atoms with E-state index in [1.807, 2.05) is 0 Å². The Morgan fingerprint density at radius 3 is 2.07 bits per heavy atom. The first kappa shape index (κ1) is 11.9. The van der Waals surface area contributed by atoms with Crippen LogP contribution in [0.25, 0.3) is 0 Å². The first-order valence-corrected chi connectivity index (χ1v) is 5.43. The van der Waals surface area contributed by atoms with E-state index in [1.165, 1.54) is 14.1 Å². The van der Waals surface area contributed by atoms with Crippen LogP contribution in [0.2, 0.25) is 0 Å². The van der Waals surface area contributed by atoms with Crippen molar-refractivity contribution in [2.75, 3.05) is 18.8 Å². The summed E-state index contributed by atoms with van der Waals surface area (Å²) >= 11 is 0. The molecule has 15 heavy (non-hydrogen) atoms. The Morgan fingerprint density at radius 2 is 1.67 bits per heavy atom. The summed E-state index contributed by atoms with van der Waals surface area (Å²) in [7, 11) is -1.39. The lowest BCUT2D eigenvalue weighted by Gasteiger charge is -2.14. The SMILES string of the molecule is CN(C)S(=O)(=O)Nc1c(F)cccc1F. The van der Waals surface area contributed by atoms with Crippen LogP contribution in [-0.4, -0.2) is 26.8 Å². The number of halogens is 2. The highest BCUT2D eigenvalue weighted by Crippen LogP contribution is 2.19. The van der Waals surface area contributed by atoms with Crippen LogP contribution in [0.4, 0.5) is 14.5 Å². The molecule has 0 fully saturated rings. The highest BCUT2D eigenvalue weighted by molar-refractivity contribution is 7.90. The van der Waals surface area contributed by atoms with E-state index in [1.54, 1.807) is 4.72 Å². The van der Waals surface area contributed by atoms with E-state index in [4.69, 9.17) is 0 Å². The Bertz CT molecular complexity index is 439. The van der Waals surface area contributed by atoms with Crippen molar-refractivity contribution >= 4 is 15.9 Å². The predicted octanol–water partition coefficient (Wildman–Crippen LogP) is 1.18. The van der Waals surface area contributed by atoms with Gasteiger partial charge in [0.1, 0.15) is 17.3 Å². The Morgan fingerprint density at radius 1 is 1.20 bits per heavy atom. The molecule has 1 aromatic rings. The van der Waals surface area contributed by atoms with Gasteiger partial charge >= 0.3 is 10.2 Å². The lowest BCUT2D eigenvalue weighted by Crippen LogP contribution is -2.29. The van der Waals surface area contributed by atoms with E-state index in [0.29, 0.717) is 0 Å². The van der Waals surface area contributed by atoms with E-state index in [0.717, 1.165) is 22.5 Å². The van der Waals surface area contributed by atoms with Gasteiger partial charge in [0.15, 0.2) is 0 Å². The lowest BCUT2D eigenvalue weighted by atomic mass is 10.3. The van der Waals surface area contributed by atoms with Crippen molar-refractivity contribution in [2.24, 2.45) is 0 Å². The second-order valence-corrected chi connectivity index (χ2v) is 4.87. The van der Waals surface area contributed by atoms with Gasteiger partial charge in [0, 0.05) is 14.1 Å². The normalized spacial score (nSPS) is 11.8. The average Bonchev–Trinajstić information content (AvgIpc) is 2.11. The van der Waals surface area contributed by atoms with E-state index < -0.39 is 27.5 Å². The summed E-state index contributed by atoms with van der Waals surface area (Å²) in [5.74, 6) is -1.92. The average molecular weight is 236 g/mol. The molecule has 1 rings (SSSR count). The number of rotatable bonds is 3. The largest absolute Gasteiger partial charge is 0.301 e. The van der Waals surface area contributed by atoms with Crippen molar-refractivity contribution in [3.63, 3.8) is 0 Å². The Labute approximate surface area is 86.7 Å². The minimum absolute atomic E-state index is 0.675. The summed E-state index contributed by atoms with van der Waals surface area (Å²) in [6, 6.07) is 3.09. The van der Waals surface area contributed by atoms with E-state index >= 15 is 0 Å². The van der Waals surface area contributed by atoms with Gasteiger partial charge < -0.3 is 0 Å². The van der Waals surface area contributed by atoms with Crippen molar-refractivity contribution in [1.29, 1.82) is 0 Å².